The van der Waals surface area contributed by atoms with Crippen LogP contribution in [0.3, 0.4) is 0 Å². The number of hydrogen-bond donors (Lipinski definition) is 1. The first-order valence-corrected chi connectivity index (χ1v) is 7.68. The molecule has 1 aliphatic carbocycles. The van der Waals surface area contributed by atoms with Gasteiger partial charge in [0.25, 0.3) is 0 Å². The molecule has 1 aliphatic rings. The molecule has 1 aromatic rings. The monoisotopic (exact) mass is 314 g/mol. The molecule has 1 aromatic heterocycles. The molecule has 2 N–H and O–H groups in total. The van der Waals surface area contributed by atoms with Crippen LogP contribution in [0.1, 0.15) is 50.3 Å². The lowest BCUT2D eigenvalue weighted by Gasteiger charge is -2.33. The Morgan fingerprint density at radius 2 is 2.06 bits per heavy atom. The van der Waals surface area contributed by atoms with Gasteiger partial charge in [0.15, 0.2) is 0 Å². The van der Waals surface area contributed by atoms with Crippen molar-refractivity contribution in [2.75, 3.05) is 13.6 Å². The summed E-state index contributed by atoms with van der Waals surface area (Å²) in [5.74, 6) is 0.962. The van der Waals surface area contributed by atoms with Crippen LogP contribution in [-0.2, 0) is 0 Å². The summed E-state index contributed by atoms with van der Waals surface area (Å²) < 4.78 is 6.62. The van der Waals surface area contributed by atoms with Gasteiger partial charge in [0, 0.05) is 12.6 Å². The minimum absolute atomic E-state index is 0.178. The third kappa shape index (κ3) is 3.16. The minimum Gasteiger partial charge on any atom is -0.466 e. The molecule has 0 aromatic carbocycles. The quantitative estimate of drug-likeness (QED) is 0.862. The first-order valence-electron chi connectivity index (χ1n) is 6.89. The Hall–Kier alpha value is -0.320. The van der Waals surface area contributed by atoms with Crippen molar-refractivity contribution in [1.82, 2.24) is 4.90 Å². The fraction of sp³-hybridized carbons (Fsp3) is 0.714. The lowest BCUT2D eigenvalue weighted by molar-refractivity contribution is 0.144. The van der Waals surface area contributed by atoms with Gasteiger partial charge in [-0.3, -0.25) is 4.90 Å². The third-order valence-corrected chi connectivity index (χ3v) is 4.72. The normalized spacial score (nSPS) is 20.0. The Kier molecular flexibility index (Phi) is 5.27. The highest BCUT2D eigenvalue weighted by atomic mass is 79.9. The molecule has 0 bridgehead atoms. The molecule has 0 spiro atoms. The van der Waals surface area contributed by atoms with Crippen LogP contribution in [0.5, 0.6) is 0 Å². The standard InChI is InChI=1S/C14H23BrN2O/c1-17(11-6-4-2-3-5-7-11)13(10-16)14-12(15)8-9-18-14/h8-9,11,13H,2-7,10,16H2,1H3. The molecule has 1 unspecified atom stereocenters. The van der Waals surface area contributed by atoms with Crippen molar-refractivity contribution in [2.45, 2.75) is 50.6 Å². The Morgan fingerprint density at radius 3 is 2.56 bits per heavy atom. The van der Waals surface area contributed by atoms with Gasteiger partial charge in [0.2, 0.25) is 0 Å². The molecule has 0 saturated heterocycles. The summed E-state index contributed by atoms with van der Waals surface area (Å²) in [6, 6.07) is 2.76. The van der Waals surface area contributed by atoms with Crippen LogP contribution < -0.4 is 5.73 Å². The van der Waals surface area contributed by atoms with E-state index in [1.54, 1.807) is 6.26 Å². The van der Waals surface area contributed by atoms with Crippen molar-refractivity contribution >= 4 is 15.9 Å². The maximum absolute atomic E-state index is 5.96. The number of likely N-dealkylation sites (N-methyl/N-ethyl adjacent to an activating group) is 1. The van der Waals surface area contributed by atoms with E-state index in [2.05, 4.69) is 27.9 Å². The van der Waals surface area contributed by atoms with Crippen molar-refractivity contribution in [1.29, 1.82) is 0 Å². The molecular formula is C14H23BrN2O. The van der Waals surface area contributed by atoms with E-state index >= 15 is 0 Å². The van der Waals surface area contributed by atoms with Gasteiger partial charge >= 0.3 is 0 Å². The highest BCUT2D eigenvalue weighted by Gasteiger charge is 2.27. The van der Waals surface area contributed by atoms with Gasteiger partial charge in [-0.05, 0) is 41.9 Å². The number of hydrogen-bond acceptors (Lipinski definition) is 3. The third-order valence-electron chi connectivity index (χ3n) is 4.06. The van der Waals surface area contributed by atoms with E-state index in [1.165, 1.54) is 38.5 Å². The summed E-state index contributed by atoms with van der Waals surface area (Å²) in [7, 11) is 2.18. The van der Waals surface area contributed by atoms with Crippen molar-refractivity contribution in [3.8, 4) is 0 Å². The number of nitrogens with two attached hydrogens (primary N) is 1. The van der Waals surface area contributed by atoms with Crippen LogP contribution in [0.2, 0.25) is 0 Å². The summed E-state index contributed by atoms with van der Waals surface area (Å²) in [5.41, 5.74) is 5.96. The molecule has 0 aliphatic heterocycles. The Labute approximate surface area is 118 Å². The van der Waals surface area contributed by atoms with Gasteiger partial charge in [0.1, 0.15) is 5.76 Å². The molecule has 0 amide bonds. The predicted molar refractivity (Wildman–Crippen MR) is 77.5 cm³/mol. The molecule has 18 heavy (non-hydrogen) atoms. The molecule has 1 atom stereocenters. The van der Waals surface area contributed by atoms with Crippen LogP contribution in [0.25, 0.3) is 0 Å². The minimum atomic E-state index is 0.178. The zero-order valence-corrected chi connectivity index (χ0v) is 12.7. The van der Waals surface area contributed by atoms with Gasteiger partial charge in [-0.25, -0.2) is 0 Å². The second-order valence-corrected chi connectivity index (χ2v) is 6.05. The summed E-state index contributed by atoms with van der Waals surface area (Å²) >= 11 is 3.54. The predicted octanol–water partition coefficient (Wildman–Crippen LogP) is 3.70. The average Bonchev–Trinajstić information content (AvgIpc) is 2.66. The van der Waals surface area contributed by atoms with Gasteiger partial charge in [-0.1, -0.05) is 25.7 Å². The molecule has 0 radical (unpaired) electrons. The van der Waals surface area contributed by atoms with Crippen LogP contribution in [0, 0.1) is 0 Å². The second kappa shape index (κ2) is 6.73. The fourth-order valence-corrected chi connectivity index (χ4v) is 3.39. The van der Waals surface area contributed by atoms with Crippen LogP contribution in [0.4, 0.5) is 0 Å². The molecule has 4 heteroatoms. The molecule has 1 saturated carbocycles. The van der Waals surface area contributed by atoms with E-state index in [0.29, 0.717) is 12.6 Å². The van der Waals surface area contributed by atoms with E-state index in [0.717, 1.165) is 10.2 Å². The topological polar surface area (TPSA) is 42.4 Å². The maximum Gasteiger partial charge on any atom is 0.136 e. The highest BCUT2D eigenvalue weighted by Crippen LogP contribution is 2.31. The number of furan rings is 1. The van der Waals surface area contributed by atoms with Crippen molar-refractivity contribution in [2.24, 2.45) is 5.73 Å². The molecule has 3 nitrogen and oxygen atoms in total. The van der Waals surface area contributed by atoms with E-state index in [1.807, 2.05) is 6.07 Å². The first-order chi connectivity index (χ1) is 8.74. The summed E-state index contributed by atoms with van der Waals surface area (Å²) in [6.07, 6.45) is 9.72. The van der Waals surface area contributed by atoms with Gasteiger partial charge < -0.3 is 10.2 Å². The first kappa shape index (κ1) is 14.1. The van der Waals surface area contributed by atoms with Crippen molar-refractivity contribution in [3.05, 3.63) is 22.6 Å². The van der Waals surface area contributed by atoms with E-state index < -0.39 is 0 Å². The number of nitrogens with zero attached hydrogens (tertiary/aromatic N) is 1. The van der Waals surface area contributed by atoms with Crippen LogP contribution >= 0.6 is 15.9 Å². The lowest BCUT2D eigenvalue weighted by atomic mass is 10.0. The second-order valence-electron chi connectivity index (χ2n) is 5.20. The molecule has 2 rings (SSSR count). The van der Waals surface area contributed by atoms with Gasteiger partial charge in [0.05, 0.1) is 16.8 Å². The molecule has 1 fully saturated rings. The fourth-order valence-electron chi connectivity index (χ4n) is 2.92. The Morgan fingerprint density at radius 1 is 1.39 bits per heavy atom. The van der Waals surface area contributed by atoms with E-state index in [4.69, 9.17) is 10.2 Å². The van der Waals surface area contributed by atoms with Gasteiger partial charge in [-0.2, -0.15) is 0 Å². The van der Waals surface area contributed by atoms with Crippen LogP contribution in [0.15, 0.2) is 21.2 Å². The zero-order chi connectivity index (χ0) is 13.0. The molecular weight excluding hydrogens is 292 g/mol. The summed E-state index contributed by atoms with van der Waals surface area (Å²) in [6.45, 7) is 0.596. The number of halogens is 1. The summed E-state index contributed by atoms with van der Waals surface area (Å²) in [5, 5.41) is 0. The van der Waals surface area contributed by atoms with E-state index in [9.17, 15) is 0 Å². The maximum atomic E-state index is 5.96. The van der Waals surface area contributed by atoms with Crippen molar-refractivity contribution in [3.63, 3.8) is 0 Å². The Balaban J connectivity index is 2.09. The molecule has 102 valence electrons. The average molecular weight is 315 g/mol. The highest BCUT2D eigenvalue weighted by molar-refractivity contribution is 9.10. The number of rotatable bonds is 4. The smallest absolute Gasteiger partial charge is 0.136 e. The van der Waals surface area contributed by atoms with Crippen LogP contribution in [-0.4, -0.2) is 24.5 Å². The lowest BCUT2D eigenvalue weighted by Crippen LogP contribution is -2.38. The Bertz CT molecular complexity index is 358. The zero-order valence-electron chi connectivity index (χ0n) is 11.1. The molecule has 1 heterocycles. The SMILES string of the molecule is CN(C1CCCCCC1)C(CN)c1occc1Br. The van der Waals surface area contributed by atoms with E-state index in [-0.39, 0.29) is 6.04 Å². The summed E-state index contributed by atoms with van der Waals surface area (Å²) in [4.78, 5) is 2.41. The van der Waals surface area contributed by atoms with Gasteiger partial charge in [-0.15, -0.1) is 0 Å². The van der Waals surface area contributed by atoms with Crippen molar-refractivity contribution < 1.29 is 4.42 Å². The largest absolute Gasteiger partial charge is 0.466 e.